The molecule has 1 heterocycles. The number of Topliss-reactive ketones (excluding diaryl/α,β-unsaturated/α-hetero) is 1. The molecule has 0 spiro atoms. The molecule has 1 aliphatic heterocycles. The molecule has 4 nitrogen and oxygen atoms in total. The number of halogens is 2. The Hall–Kier alpha value is -3.44. The van der Waals surface area contributed by atoms with E-state index >= 15 is 0 Å². The molecule has 2 bridgehead atoms. The number of ether oxygens (including phenoxy) is 1. The van der Waals surface area contributed by atoms with Crippen LogP contribution in [0, 0.1) is 5.82 Å². The van der Waals surface area contributed by atoms with Crippen molar-refractivity contribution >= 4 is 35.1 Å². The summed E-state index contributed by atoms with van der Waals surface area (Å²) in [5.74, 6) is -0.928. The summed E-state index contributed by atoms with van der Waals surface area (Å²) in [6.07, 6.45) is 3.56. The SMILES string of the molecule is COc1ccc(-c2ccc3c4c2C(=O)N(c2cccc(Cl)c2)C(C=C3)C4=O)cc1F. The Morgan fingerprint density at radius 1 is 1.03 bits per heavy atom. The largest absolute Gasteiger partial charge is 0.494 e. The van der Waals surface area contributed by atoms with Crippen molar-refractivity contribution in [1.82, 2.24) is 0 Å². The Bertz CT molecular complexity index is 1270. The van der Waals surface area contributed by atoms with Gasteiger partial charge in [-0.05, 0) is 47.0 Å². The van der Waals surface area contributed by atoms with E-state index in [1.165, 1.54) is 24.1 Å². The zero-order chi connectivity index (χ0) is 21.0. The van der Waals surface area contributed by atoms with Gasteiger partial charge in [-0.15, -0.1) is 0 Å². The summed E-state index contributed by atoms with van der Waals surface area (Å²) in [5, 5.41) is 0.463. The van der Waals surface area contributed by atoms with E-state index in [4.69, 9.17) is 16.3 Å². The average Bonchev–Trinajstić information content (AvgIpc) is 2.74. The van der Waals surface area contributed by atoms with Crippen molar-refractivity contribution in [1.29, 1.82) is 0 Å². The number of anilines is 1. The van der Waals surface area contributed by atoms with E-state index in [0.717, 1.165) is 0 Å². The molecule has 2 aliphatic rings. The van der Waals surface area contributed by atoms with Crippen LogP contribution in [0.15, 0.2) is 60.7 Å². The number of amides is 1. The van der Waals surface area contributed by atoms with Crippen LogP contribution in [0.5, 0.6) is 5.75 Å². The van der Waals surface area contributed by atoms with Gasteiger partial charge in [0, 0.05) is 16.3 Å². The number of carbonyl (C=O) groups is 2. The smallest absolute Gasteiger partial charge is 0.260 e. The lowest BCUT2D eigenvalue weighted by Crippen LogP contribution is -2.50. The molecule has 3 aromatic carbocycles. The first kappa shape index (κ1) is 18.6. The van der Waals surface area contributed by atoms with Crippen molar-refractivity contribution in [2.45, 2.75) is 6.04 Å². The zero-order valence-electron chi connectivity index (χ0n) is 15.9. The molecule has 1 amide bonds. The van der Waals surface area contributed by atoms with Crippen LogP contribution in [0.4, 0.5) is 10.1 Å². The van der Waals surface area contributed by atoms with Gasteiger partial charge in [0.05, 0.1) is 12.7 Å². The molecule has 1 aliphatic carbocycles. The normalized spacial score (nSPS) is 16.8. The van der Waals surface area contributed by atoms with E-state index in [1.54, 1.807) is 48.5 Å². The fourth-order valence-electron chi connectivity index (χ4n) is 4.10. The number of carbonyl (C=O) groups excluding carboxylic acids is 2. The van der Waals surface area contributed by atoms with Gasteiger partial charge in [-0.2, -0.15) is 0 Å². The van der Waals surface area contributed by atoms with Gasteiger partial charge in [0.15, 0.2) is 17.3 Å². The summed E-state index contributed by atoms with van der Waals surface area (Å²) in [7, 11) is 1.39. The fourth-order valence-corrected chi connectivity index (χ4v) is 4.29. The van der Waals surface area contributed by atoms with E-state index in [9.17, 15) is 14.0 Å². The predicted octanol–water partition coefficient (Wildman–Crippen LogP) is 5.39. The van der Waals surface area contributed by atoms with Crippen LogP contribution in [0.2, 0.25) is 5.02 Å². The molecule has 3 aromatic rings. The van der Waals surface area contributed by atoms with Crippen LogP contribution in [0.25, 0.3) is 17.2 Å². The van der Waals surface area contributed by atoms with E-state index in [1.807, 2.05) is 6.08 Å². The first-order valence-electron chi connectivity index (χ1n) is 9.32. The predicted molar refractivity (Wildman–Crippen MR) is 114 cm³/mol. The second-order valence-corrected chi connectivity index (χ2v) is 7.56. The number of nitrogens with zero attached hydrogens (tertiary/aromatic N) is 1. The Morgan fingerprint density at radius 2 is 1.87 bits per heavy atom. The number of hydrogen-bond acceptors (Lipinski definition) is 3. The molecule has 1 unspecified atom stereocenters. The van der Waals surface area contributed by atoms with Crippen molar-refractivity contribution < 1.29 is 18.7 Å². The number of rotatable bonds is 3. The van der Waals surface area contributed by atoms with E-state index in [0.29, 0.717) is 33.0 Å². The highest BCUT2D eigenvalue weighted by atomic mass is 35.5. The molecule has 0 N–H and O–H groups in total. The van der Waals surface area contributed by atoms with Crippen LogP contribution in [0.3, 0.4) is 0 Å². The van der Waals surface area contributed by atoms with Gasteiger partial charge in [-0.3, -0.25) is 14.5 Å². The molecular weight excluding hydrogens is 405 g/mol. The highest BCUT2D eigenvalue weighted by Crippen LogP contribution is 2.40. The Kier molecular flexibility index (Phi) is 4.22. The maximum atomic E-state index is 14.4. The first-order valence-corrected chi connectivity index (χ1v) is 9.70. The molecule has 5 rings (SSSR count). The van der Waals surface area contributed by atoms with Gasteiger partial charge in [0.25, 0.3) is 5.91 Å². The maximum Gasteiger partial charge on any atom is 0.260 e. The molecule has 0 radical (unpaired) electrons. The van der Waals surface area contributed by atoms with Crippen molar-refractivity contribution in [3.63, 3.8) is 0 Å². The van der Waals surface area contributed by atoms with Gasteiger partial charge in [-0.1, -0.05) is 48.0 Å². The summed E-state index contributed by atoms with van der Waals surface area (Å²) in [4.78, 5) is 28.4. The Labute approximate surface area is 177 Å². The first-order chi connectivity index (χ1) is 14.5. The molecular formula is C24H15ClFNO3. The van der Waals surface area contributed by atoms with Crippen LogP contribution < -0.4 is 9.64 Å². The molecule has 0 fully saturated rings. The third-order valence-corrected chi connectivity index (χ3v) is 5.71. The Morgan fingerprint density at radius 3 is 2.60 bits per heavy atom. The van der Waals surface area contributed by atoms with Crippen molar-refractivity contribution in [3.8, 4) is 16.9 Å². The maximum absolute atomic E-state index is 14.4. The summed E-state index contributed by atoms with van der Waals surface area (Å²) in [6, 6.07) is 14.1. The van der Waals surface area contributed by atoms with Gasteiger partial charge < -0.3 is 4.74 Å². The summed E-state index contributed by atoms with van der Waals surface area (Å²) < 4.78 is 19.4. The number of ketones is 1. The zero-order valence-corrected chi connectivity index (χ0v) is 16.6. The van der Waals surface area contributed by atoms with Gasteiger partial charge in [0.2, 0.25) is 0 Å². The highest BCUT2D eigenvalue weighted by Gasteiger charge is 2.42. The molecule has 0 aromatic heterocycles. The van der Waals surface area contributed by atoms with E-state index < -0.39 is 11.9 Å². The molecule has 1 atom stereocenters. The molecule has 148 valence electrons. The average molecular weight is 420 g/mol. The van der Waals surface area contributed by atoms with E-state index in [-0.39, 0.29) is 23.0 Å². The lowest BCUT2D eigenvalue weighted by molar-refractivity contribution is 0.0885. The van der Waals surface area contributed by atoms with Gasteiger partial charge in [0.1, 0.15) is 6.04 Å². The highest BCUT2D eigenvalue weighted by molar-refractivity contribution is 6.31. The second-order valence-electron chi connectivity index (χ2n) is 7.12. The van der Waals surface area contributed by atoms with Crippen LogP contribution in [-0.4, -0.2) is 24.8 Å². The second kappa shape index (κ2) is 6.82. The summed E-state index contributed by atoms with van der Waals surface area (Å²) in [6.45, 7) is 0. The lowest BCUT2D eigenvalue weighted by Gasteiger charge is -2.37. The quantitative estimate of drug-likeness (QED) is 0.571. The minimum atomic E-state index is -0.737. The lowest BCUT2D eigenvalue weighted by atomic mass is 9.80. The minimum absolute atomic E-state index is 0.108. The summed E-state index contributed by atoms with van der Waals surface area (Å²) >= 11 is 6.13. The molecule has 30 heavy (non-hydrogen) atoms. The molecule has 0 saturated carbocycles. The van der Waals surface area contributed by atoms with Crippen LogP contribution >= 0.6 is 11.6 Å². The topological polar surface area (TPSA) is 46.6 Å². The monoisotopic (exact) mass is 419 g/mol. The number of methoxy groups -OCH3 is 1. The molecule has 6 heteroatoms. The van der Waals surface area contributed by atoms with Gasteiger partial charge in [-0.25, -0.2) is 4.39 Å². The third kappa shape index (κ3) is 2.66. The number of hydrogen-bond donors (Lipinski definition) is 0. The Balaban J connectivity index is 1.75. The molecule has 0 saturated heterocycles. The fraction of sp³-hybridized carbons (Fsp3) is 0.0833. The third-order valence-electron chi connectivity index (χ3n) is 5.47. The summed E-state index contributed by atoms with van der Waals surface area (Å²) in [5.41, 5.74) is 2.84. The number of fused-ring (bicyclic) bond motifs is 1. The van der Waals surface area contributed by atoms with Crippen LogP contribution in [-0.2, 0) is 0 Å². The standard InChI is InChI=1S/C24H15ClFNO3/c1-30-20-10-7-14(11-18(20)26)17-8-5-13-6-9-19-23(28)21(13)22(17)24(29)27(19)16-4-2-3-15(25)12-16/h2-12,19H,1H3. The van der Waals surface area contributed by atoms with Crippen molar-refractivity contribution in [2.24, 2.45) is 0 Å². The minimum Gasteiger partial charge on any atom is -0.494 e. The van der Waals surface area contributed by atoms with Gasteiger partial charge >= 0.3 is 0 Å². The van der Waals surface area contributed by atoms with Crippen molar-refractivity contribution in [2.75, 3.05) is 12.0 Å². The number of benzene rings is 3. The van der Waals surface area contributed by atoms with E-state index in [2.05, 4.69) is 0 Å². The van der Waals surface area contributed by atoms with Crippen LogP contribution in [0.1, 0.15) is 26.3 Å². The van der Waals surface area contributed by atoms with Crippen molar-refractivity contribution in [3.05, 3.63) is 88.2 Å².